The molecule has 0 bridgehead atoms. The van der Waals surface area contributed by atoms with Gasteiger partial charge in [-0.1, -0.05) is 24.3 Å². The van der Waals surface area contributed by atoms with Crippen molar-refractivity contribution < 1.29 is 0 Å². The highest BCUT2D eigenvalue weighted by atomic mass is 35.5. The summed E-state index contributed by atoms with van der Waals surface area (Å²) in [6, 6.07) is 12.3. The Labute approximate surface area is 101 Å². The highest BCUT2D eigenvalue weighted by molar-refractivity contribution is 6.20. The van der Waals surface area contributed by atoms with Crippen LogP contribution in [0.5, 0.6) is 0 Å². The van der Waals surface area contributed by atoms with Gasteiger partial charge in [-0.05, 0) is 19.1 Å². The third-order valence-electron chi connectivity index (χ3n) is 2.39. The third-order valence-corrected chi connectivity index (χ3v) is 2.54. The van der Waals surface area contributed by atoms with E-state index in [1.165, 1.54) is 5.39 Å². The van der Waals surface area contributed by atoms with Crippen LogP contribution >= 0.6 is 11.6 Å². The van der Waals surface area contributed by atoms with E-state index in [4.69, 9.17) is 11.6 Å². The maximum absolute atomic E-state index is 5.86. The number of rotatable bonds is 4. The van der Waals surface area contributed by atoms with Gasteiger partial charge in [0.05, 0.1) is 11.2 Å². The first-order chi connectivity index (χ1) is 7.75. The summed E-state index contributed by atoms with van der Waals surface area (Å²) in [6.07, 6.45) is 0. The van der Waals surface area contributed by atoms with Gasteiger partial charge in [-0.3, -0.25) is 4.98 Å². The molecule has 0 saturated heterocycles. The molecule has 3 heteroatoms. The SMILES string of the molecule is CC(Cl)CNCc1ccc2ccccc2n1. The number of nitrogens with zero attached hydrogens (tertiary/aromatic N) is 1. The minimum atomic E-state index is 0.153. The monoisotopic (exact) mass is 234 g/mol. The lowest BCUT2D eigenvalue weighted by atomic mass is 10.2. The molecule has 0 aliphatic carbocycles. The molecule has 0 fully saturated rings. The Hall–Kier alpha value is -1.12. The molecule has 0 spiro atoms. The molecule has 2 nitrogen and oxygen atoms in total. The summed E-state index contributed by atoms with van der Waals surface area (Å²) in [7, 11) is 0. The first-order valence-corrected chi connectivity index (χ1v) is 5.89. The number of hydrogen-bond donors (Lipinski definition) is 1. The first-order valence-electron chi connectivity index (χ1n) is 5.45. The van der Waals surface area contributed by atoms with Crippen molar-refractivity contribution in [3.05, 3.63) is 42.1 Å². The summed E-state index contributed by atoms with van der Waals surface area (Å²) in [5.74, 6) is 0. The Morgan fingerprint density at radius 1 is 1.25 bits per heavy atom. The molecule has 1 aromatic carbocycles. The Morgan fingerprint density at radius 3 is 2.88 bits per heavy atom. The minimum Gasteiger partial charge on any atom is -0.310 e. The zero-order valence-corrected chi connectivity index (χ0v) is 10.0. The van der Waals surface area contributed by atoms with E-state index in [2.05, 4.69) is 22.4 Å². The summed E-state index contributed by atoms with van der Waals surface area (Å²) >= 11 is 5.86. The average Bonchev–Trinajstić information content (AvgIpc) is 2.28. The molecule has 2 rings (SSSR count). The average molecular weight is 235 g/mol. The molecule has 1 N–H and O–H groups in total. The fraction of sp³-hybridized carbons (Fsp3) is 0.308. The number of pyridine rings is 1. The summed E-state index contributed by atoms with van der Waals surface area (Å²) in [4.78, 5) is 4.57. The van der Waals surface area contributed by atoms with E-state index in [0.29, 0.717) is 0 Å². The largest absolute Gasteiger partial charge is 0.310 e. The van der Waals surface area contributed by atoms with Crippen LogP contribution < -0.4 is 5.32 Å². The van der Waals surface area contributed by atoms with Gasteiger partial charge in [0.25, 0.3) is 0 Å². The number of halogens is 1. The Bertz CT molecular complexity index is 468. The van der Waals surface area contributed by atoms with Crippen LogP contribution in [0.25, 0.3) is 10.9 Å². The predicted molar refractivity (Wildman–Crippen MR) is 68.8 cm³/mol. The second kappa shape index (κ2) is 5.28. The van der Waals surface area contributed by atoms with Crippen LogP contribution in [0.2, 0.25) is 0 Å². The van der Waals surface area contributed by atoms with E-state index in [0.717, 1.165) is 24.3 Å². The summed E-state index contributed by atoms with van der Waals surface area (Å²) in [5, 5.41) is 4.60. The normalized spacial score (nSPS) is 12.9. The molecule has 0 radical (unpaired) electrons. The van der Waals surface area contributed by atoms with Crippen molar-refractivity contribution in [3.8, 4) is 0 Å². The predicted octanol–water partition coefficient (Wildman–Crippen LogP) is 2.95. The van der Waals surface area contributed by atoms with E-state index < -0.39 is 0 Å². The van der Waals surface area contributed by atoms with E-state index in [-0.39, 0.29) is 5.38 Å². The molecular weight excluding hydrogens is 220 g/mol. The van der Waals surface area contributed by atoms with Gasteiger partial charge in [-0.15, -0.1) is 11.6 Å². The van der Waals surface area contributed by atoms with Crippen LogP contribution in [0, 0.1) is 0 Å². The Balaban J connectivity index is 2.08. The number of aromatic nitrogens is 1. The van der Waals surface area contributed by atoms with Gasteiger partial charge in [0.1, 0.15) is 0 Å². The van der Waals surface area contributed by atoms with Crippen molar-refractivity contribution in [1.29, 1.82) is 0 Å². The van der Waals surface area contributed by atoms with Gasteiger partial charge in [-0.25, -0.2) is 0 Å². The number of nitrogens with one attached hydrogen (secondary N) is 1. The number of para-hydroxylation sites is 1. The lowest BCUT2D eigenvalue weighted by Crippen LogP contribution is -2.21. The van der Waals surface area contributed by atoms with Gasteiger partial charge < -0.3 is 5.32 Å². The van der Waals surface area contributed by atoms with E-state index in [9.17, 15) is 0 Å². The van der Waals surface area contributed by atoms with Gasteiger partial charge in [0.15, 0.2) is 0 Å². The molecule has 0 aliphatic rings. The van der Waals surface area contributed by atoms with Crippen LogP contribution in [-0.2, 0) is 6.54 Å². The Kier molecular flexibility index (Phi) is 3.75. The Morgan fingerprint density at radius 2 is 2.06 bits per heavy atom. The van der Waals surface area contributed by atoms with Gasteiger partial charge in [0, 0.05) is 23.9 Å². The van der Waals surface area contributed by atoms with Gasteiger partial charge in [-0.2, -0.15) is 0 Å². The molecule has 1 heterocycles. The molecule has 84 valence electrons. The van der Waals surface area contributed by atoms with Crippen LogP contribution in [0.15, 0.2) is 36.4 Å². The second-order valence-corrected chi connectivity index (χ2v) is 4.65. The molecule has 0 aliphatic heterocycles. The molecule has 1 aromatic heterocycles. The quantitative estimate of drug-likeness (QED) is 0.823. The number of fused-ring (bicyclic) bond motifs is 1. The molecule has 1 unspecified atom stereocenters. The smallest absolute Gasteiger partial charge is 0.0705 e. The molecule has 16 heavy (non-hydrogen) atoms. The van der Waals surface area contributed by atoms with Gasteiger partial charge >= 0.3 is 0 Å². The number of hydrogen-bond acceptors (Lipinski definition) is 2. The summed E-state index contributed by atoms with van der Waals surface area (Å²) < 4.78 is 0. The minimum absolute atomic E-state index is 0.153. The van der Waals surface area contributed by atoms with Crippen LogP contribution in [0.3, 0.4) is 0 Å². The van der Waals surface area contributed by atoms with Gasteiger partial charge in [0.2, 0.25) is 0 Å². The van der Waals surface area contributed by atoms with Crippen LogP contribution in [0.4, 0.5) is 0 Å². The lowest BCUT2D eigenvalue weighted by molar-refractivity contribution is 0.670. The zero-order valence-electron chi connectivity index (χ0n) is 9.28. The van der Waals surface area contributed by atoms with Crippen LogP contribution in [0.1, 0.15) is 12.6 Å². The van der Waals surface area contributed by atoms with Crippen molar-refractivity contribution in [3.63, 3.8) is 0 Å². The van der Waals surface area contributed by atoms with Crippen LogP contribution in [-0.4, -0.2) is 16.9 Å². The molecule has 1 atom stereocenters. The highest BCUT2D eigenvalue weighted by Gasteiger charge is 1.99. The standard InChI is InChI=1S/C13H15ClN2/c1-10(14)8-15-9-12-7-6-11-4-2-3-5-13(11)16-12/h2-7,10,15H,8-9H2,1H3. The lowest BCUT2D eigenvalue weighted by Gasteiger charge is -2.06. The van der Waals surface area contributed by atoms with E-state index in [1.807, 2.05) is 31.2 Å². The molecular formula is C13H15ClN2. The van der Waals surface area contributed by atoms with Crippen molar-refractivity contribution >= 4 is 22.5 Å². The number of benzene rings is 1. The van der Waals surface area contributed by atoms with E-state index in [1.54, 1.807) is 0 Å². The van der Waals surface area contributed by atoms with Crippen molar-refractivity contribution in [2.45, 2.75) is 18.8 Å². The van der Waals surface area contributed by atoms with Crippen molar-refractivity contribution in [2.24, 2.45) is 0 Å². The number of alkyl halides is 1. The molecule has 0 amide bonds. The fourth-order valence-electron chi connectivity index (χ4n) is 1.61. The fourth-order valence-corrected chi connectivity index (χ4v) is 1.71. The highest BCUT2D eigenvalue weighted by Crippen LogP contribution is 2.11. The zero-order chi connectivity index (χ0) is 11.4. The maximum Gasteiger partial charge on any atom is 0.0705 e. The third kappa shape index (κ3) is 2.94. The summed E-state index contributed by atoms with van der Waals surface area (Å²) in [5.41, 5.74) is 2.09. The van der Waals surface area contributed by atoms with E-state index >= 15 is 0 Å². The maximum atomic E-state index is 5.86. The molecule has 0 saturated carbocycles. The topological polar surface area (TPSA) is 24.9 Å². The van der Waals surface area contributed by atoms with Crippen molar-refractivity contribution in [1.82, 2.24) is 10.3 Å². The molecule has 2 aromatic rings. The second-order valence-electron chi connectivity index (χ2n) is 3.91. The summed E-state index contributed by atoms with van der Waals surface area (Å²) in [6.45, 7) is 3.54. The van der Waals surface area contributed by atoms with Crippen molar-refractivity contribution in [2.75, 3.05) is 6.54 Å². The first kappa shape index (κ1) is 11.4.